The summed E-state index contributed by atoms with van der Waals surface area (Å²) in [6, 6.07) is 12.4. The fraction of sp³-hybridized carbons (Fsp3) is 0.375. The summed E-state index contributed by atoms with van der Waals surface area (Å²) in [5, 5.41) is 4.94. The Labute approximate surface area is 244 Å². The molecule has 5 aromatic rings. The van der Waals surface area contributed by atoms with Crippen molar-refractivity contribution in [2.24, 2.45) is 0 Å². The van der Waals surface area contributed by atoms with Crippen LogP contribution in [0.2, 0.25) is 0 Å². The average Bonchev–Trinajstić information content (AvgIpc) is 3.40. The summed E-state index contributed by atoms with van der Waals surface area (Å²) >= 11 is 0. The Bertz CT molecular complexity index is 1730. The van der Waals surface area contributed by atoms with Gasteiger partial charge in [-0.25, -0.2) is 24.3 Å². The normalized spacial score (nSPS) is 20.4. The molecule has 0 atom stereocenters. The second-order valence-corrected chi connectivity index (χ2v) is 11.8. The van der Waals surface area contributed by atoms with Gasteiger partial charge in [0, 0.05) is 73.4 Å². The lowest BCUT2D eigenvalue weighted by Gasteiger charge is -2.41. The number of aromatic nitrogens is 5. The maximum atomic E-state index is 14.1. The van der Waals surface area contributed by atoms with Crippen molar-refractivity contribution in [2.75, 3.05) is 44.3 Å². The third kappa shape index (κ3) is 5.05. The van der Waals surface area contributed by atoms with Crippen LogP contribution in [-0.4, -0.2) is 73.6 Å². The Kier molecular flexibility index (Phi) is 6.95. The number of likely N-dealkylation sites (N-methyl/N-ethyl adjacent to an activating group) is 1. The van der Waals surface area contributed by atoms with Crippen molar-refractivity contribution in [3.8, 4) is 11.1 Å². The highest BCUT2D eigenvalue weighted by atomic mass is 19.1. The number of nitrogens with one attached hydrogen (secondary N) is 1. The molecule has 42 heavy (non-hydrogen) atoms. The minimum atomic E-state index is -0.276. The maximum Gasteiger partial charge on any atom is 0.227 e. The van der Waals surface area contributed by atoms with Gasteiger partial charge in [-0.05, 0) is 69.0 Å². The minimum Gasteiger partial charge on any atom is -0.383 e. The zero-order chi connectivity index (χ0) is 28.8. The molecule has 1 aliphatic carbocycles. The van der Waals surface area contributed by atoms with Gasteiger partial charge in [0.25, 0.3) is 0 Å². The molecule has 1 saturated carbocycles. The van der Waals surface area contributed by atoms with Gasteiger partial charge in [0.05, 0.1) is 10.9 Å². The molecule has 0 spiro atoms. The van der Waals surface area contributed by atoms with Crippen LogP contribution in [0.4, 0.5) is 21.8 Å². The zero-order valence-corrected chi connectivity index (χ0v) is 24.1. The van der Waals surface area contributed by atoms with Gasteiger partial charge in [0.2, 0.25) is 5.95 Å². The van der Waals surface area contributed by atoms with E-state index in [9.17, 15) is 4.39 Å². The van der Waals surface area contributed by atoms with Crippen molar-refractivity contribution in [3.63, 3.8) is 0 Å². The highest BCUT2D eigenvalue weighted by molar-refractivity contribution is 6.00. The second-order valence-electron chi connectivity index (χ2n) is 11.8. The zero-order valence-electron chi connectivity index (χ0n) is 24.1. The molecule has 2 fully saturated rings. The first kappa shape index (κ1) is 26.7. The van der Waals surface area contributed by atoms with Crippen molar-refractivity contribution < 1.29 is 4.39 Å². The van der Waals surface area contributed by atoms with Gasteiger partial charge in [-0.15, -0.1) is 0 Å². The molecule has 0 bridgehead atoms. The molecule has 2 aromatic carbocycles. The fourth-order valence-electron chi connectivity index (χ4n) is 6.58. The number of fused-ring (bicyclic) bond motifs is 2. The number of hydrogen-bond donors (Lipinski definition) is 2. The number of benzene rings is 2. The molecule has 4 heterocycles. The minimum absolute atomic E-state index is 0.276. The average molecular weight is 566 g/mol. The summed E-state index contributed by atoms with van der Waals surface area (Å²) in [5.74, 6) is 0.635. The lowest BCUT2D eigenvalue weighted by Crippen LogP contribution is -2.49. The SMILES string of the molecule is Cc1cc2cnc(Nc3ccc(-c4cn([C@H]5CC[C@@H](N6CCN(C)CC6)CC5)c5ncnc(N)c45)cc3)nc2cc1F. The van der Waals surface area contributed by atoms with Crippen LogP contribution in [0.15, 0.2) is 55.1 Å². The first-order valence-corrected chi connectivity index (χ1v) is 14.8. The summed E-state index contributed by atoms with van der Waals surface area (Å²) in [6.07, 6.45) is 10.1. The number of piperazine rings is 1. The van der Waals surface area contributed by atoms with Gasteiger partial charge in [-0.1, -0.05) is 12.1 Å². The van der Waals surface area contributed by atoms with Crippen molar-refractivity contribution in [1.29, 1.82) is 0 Å². The molecule has 1 aliphatic heterocycles. The van der Waals surface area contributed by atoms with E-state index in [0.717, 1.165) is 59.2 Å². The van der Waals surface area contributed by atoms with E-state index in [-0.39, 0.29) is 5.82 Å². The topological polar surface area (TPSA) is 101 Å². The lowest BCUT2D eigenvalue weighted by atomic mass is 9.89. The van der Waals surface area contributed by atoms with Crippen LogP contribution in [-0.2, 0) is 0 Å². The van der Waals surface area contributed by atoms with Gasteiger partial charge in [0.15, 0.2) is 0 Å². The van der Waals surface area contributed by atoms with Gasteiger partial charge >= 0.3 is 0 Å². The first-order valence-electron chi connectivity index (χ1n) is 14.8. The highest BCUT2D eigenvalue weighted by Crippen LogP contribution is 2.39. The predicted molar refractivity (Wildman–Crippen MR) is 165 cm³/mol. The third-order valence-corrected chi connectivity index (χ3v) is 9.06. The monoisotopic (exact) mass is 565 g/mol. The predicted octanol–water partition coefficient (Wildman–Crippen LogP) is 5.55. The Morgan fingerprint density at radius 3 is 2.43 bits per heavy atom. The standard InChI is InChI=1S/C32H36FN9/c1-20-15-22-17-35-32(39-28(22)16-27(20)33)38-23-5-3-21(4-6-23)26-18-42(31-29(26)30(34)36-19-37-31)25-9-7-24(8-10-25)41-13-11-40(2)12-14-41/h3-6,15-19,24-25H,7-14H2,1-2H3,(H2,34,36,37)(H,35,38,39)/t24-,25+. The molecule has 1 saturated heterocycles. The van der Waals surface area contributed by atoms with Crippen molar-refractivity contribution in [3.05, 3.63) is 66.5 Å². The van der Waals surface area contributed by atoms with Crippen LogP contribution < -0.4 is 11.1 Å². The van der Waals surface area contributed by atoms with Crippen LogP contribution in [0.3, 0.4) is 0 Å². The molecule has 7 rings (SSSR count). The number of nitrogens with zero attached hydrogens (tertiary/aromatic N) is 7. The number of halogens is 1. The maximum absolute atomic E-state index is 14.1. The summed E-state index contributed by atoms with van der Waals surface area (Å²) in [5.41, 5.74) is 11.4. The smallest absolute Gasteiger partial charge is 0.227 e. The number of nitrogen functional groups attached to an aromatic ring is 1. The number of anilines is 3. The Morgan fingerprint density at radius 2 is 1.67 bits per heavy atom. The van der Waals surface area contributed by atoms with E-state index in [1.165, 1.54) is 32.0 Å². The molecule has 0 radical (unpaired) electrons. The Morgan fingerprint density at radius 1 is 0.929 bits per heavy atom. The summed E-state index contributed by atoms with van der Waals surface area (Å²) < 4.78 is 16.4. The van der Waals surface area contributed by atoms with Gasteiger partial charge in [0.1, 0.15) is 23.6 Å². The van der Waals surface area contributed by atoms with Crippen LogP contribution in [0.5, 0.6) is 0 Å². The molecule has 2 aliphatic rings. The van der Waals surface area contributed by atoms with E-state index in [1.54, 1.807) is 25.5 Å². The van der Waals surface area contributed by atoms with E-state index in [1.807, 2.05) is 12.1 Å². The van der Waals surface area contributed by atoms with E-state index >= 15 is 0 Å². The molecule has 0 amide bonds. The number of hydrogen-bond acceptors (Lipinski definition) is 8. The molecule has 0 unspecified atom stereocenters. The quantitative estimate of drug-likeness (QED) is 0.286. The molecule has 3 N–H and O–H groups in total. The Hall–Kier alpha value is -4.15. The summed E-state index contributed by atoms with van der Waals surface area (Å²) in [4.78, 5) is 23.0. The number of nitrogens with two attached hydrogens (primary N) is 1. The Balaban J connectivity index is 1.12. The first-order chi connectivity index (χ1) is 20.4. The van der Waals surface area contributed by atoms with Crippen molar-refractivity contribution >= 4 is 39.4 Å². The van der Waals surface area contributed by atoms with E-state index < -0.39 is 0 Å². The van der Waals surface area contributed by atoms with Crippen LogP contribution in [0.1, 0.15) is 37.3 Å². The molecule has 3 aromatic heterocycles. The molecule has 9 nitrogen and oxygen atoms in total. The molecular formula is C32H36FN9. The van der Waals surface area contributed by atoms with Crippen molar-refractivity contribution in [2.45, 2.75) is 44.7 Å². The fourth-order valence-corrected chi connectivity index (χ4v) is 6.58. The van der Waals surface area contributed by atoms with E-state index in [0.29, 0.717) is 34.9 Å². The summed E-state index contributed by atoms with van der Waals surface area (Å²) in [7, 11) is 2.21. The molecule has 216 valence electrons. The van der Waals surface area contributed by atoms with Crippen LogP contribution >= 0.6 is 0 Å². The lowest BCUT2D eigenvalue weighted by molar-refractivity contribution is 0.0828. The van der Waals surface area contributed by atoms with Crippen molar-refractivity contribution in [1.82, 2.24) is 34.3 Å². The molecule has 10 heteroatoms. The van der Waals surface area contributed by atoms with Gasteiger partial charge in [-0.3, -0.25) is 4.90 Å². The van der Waals surface area contributed by atoms with E-state index in [2.05, 4.69) is 60.0 Å². The van der Waals surface area contributed by atoms with Crippen LogP contribution in [0.25, 0.3) is 33.1 Å². The largest absolute Gasteiger partial charge is 0.383 e. The van der Waals surface area contributed by atoms with E-state index in [4.69, 9.17) is 10.7 Å². The molecular weight excluding hydrogens is 529 g/mol. The van der Waals surface area contributed by atoms with Gasteiger partial charge in [-0.2, -0.15) is 0 Å². The van der Waals surface area contributed by atoms with Gasteiger partial charge < -0.3 is 20.5 Å². The number of rotatable bonds is 5. The summed E-state index contributed by atoms with van der Waals surface area (Å²) in [6.45, 7) is 6.39. The highest BCUT2D eigenvalue weighted by Gasteiger charge is 2.30. The van der Waals surface area contributed by atoms with Crippen LogP contribution in [0, 0.1) is 12.7 Å². The third-order valence-electron chi connectivity index (χ3n) is 9.06. The second kappa shape index (κ2) is 10.9. The number of aryl methyl sites for hydroxylation is 1.